The van der Waals surface area contributed by atoms with Gasteiger partial charge in [-0.1, -0.05) is 0 Å². The molecule has 3 rings (SSSR count). The fourth-order valence-electron chi connectivity index (χ4n) is 2.31. The molecular formula is C12H10F3N3. The number of nitrogens with zero attached hydrogens (tertiary/aromatic N) is 3. The molecule has 0 aliphatic carbocycles. The molecule has 2 aromatic rings. The average molecular weight is 253 g/mol. The molecule has 3 nitrogen and oxygen atoms in total. The van der Waals surface area contributed by atoms with Gasteiger partial charge < -0.3 is 4.90 Å². The Kier molecular flexibility index (Phi) is 2.57. The molecule has 0 saturated carbocycles. The third-order valence-corrected chi connectivity index (χ3v) is 3.19. The molecule has 1 aliphatic heterocycles. The van der Waals surface area contributed by atoms with Gasteiger partial charge in [-0.2, -0.15) is 0 Å². The molecule has 0 atom stereocenters. The summed E-state index contributed by atoms with van der Waals surface area (Å²) in [6.45, 7) is 1.06. The van der Waals surface area contributed by atoms with E-state index >= 15 is 0 Å². The Morgan fingerprint density at radius 2 is 1.72 bits per heavy atom. The van der Waals surface area contributed by atoms with Crippen LogP contribution < -0.4 is 4.90 Å². The van der Waals surface area contributed by atoms with E-state index in [0.717, 1.165) is 25.4 Å². The normalized spacial score (nSPS) is 15.6. The van der Waals surface area contributed by atoms with Gasteiger partial charge in [0.05, 0.1) is 5.39 Å². The van der Waals surface area contributed by atoms with E-state index in [4.69, 9.17) is 0 Å². The number of benzene rings is 1. The van der Waals surface area contributed by atoms with Gasteiger partial charge in [0, 0.05) is 19.3 Å². The van der Waals surface area contributed by atoms with Gasteiger partial charge in [0.2, 0.25) is 0 Å². The minimum Gasteiger partial charge on any atom is -0.367 e. The van der Waals surface area contributed by atoms with Gasteiger partial charge in [-0.05, 0) is 12.8 Å². The largest absolute Gasteiger partial charge is 0.367 e. The predicted molar refractivity (Wildman–Crippen MR) is 60.9 cm³/mol. The Morgan fingerprint density at radius 1 is 1.00 bits per heavy atom. The summed E-state index contributed by atoms with van der Waals surface area (Å²) in [5.74, 6) is -3.06. The molecule has 1 aliphatic rings. The second-order valence-electron chi connectivity index (χ2n) is 4.27. The molecule has 0 unspecified atom stereocenters. The molecule has 0 N–H and O–H groups in total. The molecule has 0 spiro atoms. The van der Waals surface area contributed by atoms with E-state index in [1.54, 1.807) is 0 Å². The van der Waals surface area contributed by atoms with Crippen molar-refractivity contribution in [2.45, 2.75) is 12.8 Å². The van der Waals surface area contributed by atoms with E-state index in [0.29, 0.717) is 13.1 Å². The molecule has 94 valence electrons. The van der Waals surface area contributed by atoms with Gasteiger partial charge in [-0.15, -0.1) is 0 Å². The van der Waals surface area contributed by atoms with Gasteiger partial charge in [-0.3, -0.25) is 0 Å². The van der Waals surface area contributed by atoms with Crippen molar-refractivity contribution in [3.63, 3.8) is 0 Å². The smallest absolute Gasteiger partial charge is 0.185 e. The van der Waals surface area contributed by atoms with Crippen molar-refractivity contribution < 1.29 is 13.2 Å². The summed E-state index contributed by atoms with van der Waals surface area (Å²) in [5.41, 5.74) is -0.484. The molecule has 1 fully saturated rings. The van der Waals surface area contributed by atoms with Crippen LogP contribution in [0.25, 0.3) is 10.9 Å². The molecule has 1 saturated heterocycles. The maximum atomic E-state index is 14.2. The van der Waals surface area contributed by atoms with Crippen LogP contribution in [0, 0.1) is 17.5 Å². The molecule has 0 radical (unpaired) electrons. The van der Waals surface area contributed by atoms with Crippen LogP contribution in [-0.4, -0.2) is 23.1 Å². The minimum atomic E-state index is -1.16. The highest BCUT2D eigenvalue weighted by Gasteiger charge is 2.26. The summed E-state index contributed by atoms with van der Waals surface area (Å²) in [7, 11) is 0. The third kappa shape index (κ3) is 1.52. The monoisotopic (exact) mass is 253 g/mol. The van der Waals surface area contributed by atoms with Crippen molar-refractivity contribution >= 4 is 16.6 Å². The zero-order valence-corrected chi connectivity index (χ0v) is 9.46. The van der Waals surface area contributed by atoms with Crippen molar-refractivity contribution in [2.24, 2.45) is 0 Å². The van der Waals surface area contributed by atoms with Crippen LogP contribution in [0.5, 0.6) is 0 Å². The highest BCUT2D eigenvalue weighted by molar-refractivity contribution is 5.83. The van der Waals surface area contributed by atoms with Gasteiger partial charge in [0.1, 0.15) is 17.5 Å². The second kappa shape index (κ2) is 4.12. The number of halogens is 3. The molecule has 18 heavy (non-hydrogen) atoms. The topological polar surface area (TPSA) is 29.0 Å². The predicted octanol–water partition coefficient (Wildman–Crippen LogP) is 2.65. The standard InChI is InChI=1S/C12H10F3N3/c13-8-7-5-16-6-17-11(7)10(15)12(9(8)14)18-3-1-2-4-18/h5-6H,1-4H2. The summed E-state index contributed by atoms with van der Waals surface area (Å²) < 4.78 is 42.0. The van der Waals surface area contributed by atoms with Crippen LogP contribution in [0.15, 0.2) is 12.5 Å². The first-order valence-corrected chi connectivity index (χ1v) is 5.71. The van der Waals surface area contributed by atoms with Crippen molar-refractivity contribution in [1.29, 1.82) is 0 Å². The number of hydrogen-bond donors (Lipinski definition) is 0. The summed E-state index contributed by atoms with van der Waals surface area (Å²) in [6, 6.07) is 0. The zero-order valence-electron chi connectivity index (χ0n) is 9.46. The Bertz CT molecular complexity index is 609. The highest BCUT2D eigenvalue weighted by atomic mass is 19.2. The average Bonchev–Trinajstić information content (AvgIpc) is 2.90. The van der Waals surface area contributed by atoms with E-state index in [1.165, 1.54) is 4.90 Å². The molecular weight excluding hydrogens is 243 g/mol. The lowest BCUT2D eigenvalue weighted by molar-refractivity contribution is 0.503. The fourth-order valence-corrected chi connectivity index (χ4v) is 2.31. The number of fused-ring (bicyclic) bond motifs is 1. The molecule has 1 aromatic heterocycles. The van der Waals surface area contributed by atoms with Crippen LogP contribution >= 0.6 is 0 Å². The van der Waals surface area contributed by atoms with Gasteiger partial charge in [0.25, 0.3) is 0 Å². The van der Waals surface area contributed by atoms with Crippen LogP contribution in [0.2, 0.25) is 0 Å². The molecule has 0 bridgehead atoms. The van der Waals surface area contributed by atoms with Crippen molar-refractivity contribution in [3.8, 4) is 0 Å². The second-order valence-corrected chi connectivity index (χ2v) is 4.27. The SMILES string of the molecule is Fc1c(N2CCCC2)c(F)c2ncncc2c1F. The molecule has 6 heteroatoms. The van der Waals surface area contributed by atoms with E-state index < -0.39 is 17.5 Å². The summed E-state index contributed by atoms with van der Waals surface area (Å²) in [4.78, 5) is 8.80. The van der Waals surface area contributed by atoms with Crippen LogP contribution in [-0.2, 0) is 0 Å². The maximum Gasteiger partial charge on any atom is 0.185 e. The van der Waals surface area contributed by atoms with Gasteiger partial charge >= 0.3 is 0 Å². The third-order valence-electron chi connectivity index (χ3n) is 3.19. The Balaban J connectivity index is 2.31. The summed E-state index contributed by atoms with van der Waals surface area (Å²) in [5, 5.41) is -0.226. The highest BCUT2D eigenvalue weighted by Crippen LogP contribution is 2.33. The van der Waals surface area contributed by atoms with Crippen LogP contribution in [0.1, 0.15) is 12.8 Å². The van der Waals surface area contributed by atoms with E-state index in [-0.39, 0.29) is 16.6 Å². The Hall–Kier alpha value is -1.85. The van der Waals surface area contributed by atoms with Crippen LogP contribution in [0.4, 0.5) is 18.9 Å². The quantitative estimate of drug-likeness (QED) is 0.731. The van der Waals surface area contributed by atoms with Crippen molar-refractivity contribution in [3.05, 3.63) is 30.0 Å². The van der Waals surface area contributed by atoms with Gasteiger partial charge in [-0.25, -0.2) is 23.1 Å². The molecule has 2 heterocycles. The lowest BCUT2D eigenvalue weighted by atomic mass is 10.1. The van der Waals surface area contributed by atoms with E-state index in [9.17, 15) is 13.2 Å². The Labute approximate surface area is 101 Å². The van der Waals surface area contributed by atoms with Crippen molar-refractivity contribution in [2.75, 3.05) is 18.0 Å². The lowest BCUT2D eigenvalue weighted by Gasteiger charge is -2.20. The maximum absolute atomic E-state index is 14.2. The number of anilines is 1. The van der Waals surface area contributed by atoms with Gasteiger partial charge in [0.15, 0.2) is 17.5 Å². The fraction of sp³-hybridized carbons (Fsp3) is 0.333. The first-order chi connectivity index (χ1) is 8.70. The van der Waals surface area contributed by atoms with E-state index in [1.807, 2.05) is 0 Å². The lowest BCUT2D eigenvalue weighted by Crippen LogP contribution is -2.21. The van der Waals surface area contributed by atoms with Crippen molar-refractivity contribution in [1.82, 2.24) is 9.97 Å². The van der Waals surface area contributed by atoms with Crippen LogP contribution in [0.3, 0.4) is 0 Å². The molecule has 1 aromatic carbocycles. The zero-order chi connectivity index (χ0) is 12.7. The summed E-state index contributed by atoms with van der Waals surface area (Å²) in [6.07, 6.45) is 3.90. The number of hydrogen-bond acceptors (Lipinski definition) is 3. The Morgan fingerprint density at radius 3 is 2.44 bits per heavy atom. The first-order valence-electron chi connectivity index (χ1n) is 5.71. The number of aromatic nitrogens is 2. The molecule has 0 amide bonds. The summed E-state index contributed by atoms with van der Waals surface area (Å²) >= 11 is 0. The first kappa shape index (κ1) is 11.3. The minimum absolute atomic E-state index is 0.175. The number of rotatable bonds is 1. The van der Waals surface area contributed by atoms with E-state index in [2.05, 4.69) is 9.97 Å².